The Kier molecular flexibility index (Phi) is 25.8. The van der Waals surface area contributed by atoms with Gasteiger partial charge in [-0.2, -0.15) is 0 Å². The number of allylic oxidation sites excluding steroid dienone is 2. The maximum Gasteiger partial charge on any atom is 0.364 e. The van der Waals surface area contributed by atoms with Crippen molar-refractivity contribution in [1.82, 2.24) is 0 Å². The Hall–Kier alpha value is -0.246. The topological polar surface area (TPSA) is 36.9 Å². The average Bonchev–Trinajstić information content (AvgIpc) is 2.90. The van der Waals surface area contributed by atoms with Crippen LogP contribution in [0.25, 0.3) is 0 Å². The molecular formula is C31H64O4Si2. The molecule has 0 aliphatic carbocycles. The third-order valence-corrected chi connectivity index (χ3v) is 13.0. The summed E-state index contributed by atoms with van der Waals surface area (Å²) >= 11 is 0. The minimum Gasteiger partial charge on any atom is -0.391 e. The predicted molar refractivity (Wildman–Crippen MR) is 167 cm³/mol. The molecule has 0 fully saturated rings. The third-order valence-electron chi connectivity index (χ3n) is 6.62. The average molecular weight is 557 g/mol. The van der Waals surface area contributed by atoms with Crippen LogP contribution in [0.1, 0.15) is 138 Å². The van der Waals surface area contributed by atoms with Crippen molar-refractivity contribution in [2.45, 2.75) is 150 Å². The van der Waals surface area contributed by atoms with Gasteiger partial charge in [-0.05, 0) is 68.4 Å². The van der Waals surface area contributed by atoms with E-state index >= 15 is 0 Å². The Labute approximate surface area is 234 Å². The van der Waals surface area contributed by atoms with Gasteiger partial charge in [-0.1, -0.05) is 105 Å². The predicted octanol–water partition coefficient (Wildman–Crippen LogP) is 10.1. The van der Waals surface area contributed by atoms with Crippen molar-refractivity contribution >= 4 is 17.1 Å². The first kappa shape index (κ1) is 36.8. The van der Waals surface area contributed by atoms with Crippen LogP contribution in [0.15, 0.2) is 23.6 Å². The highest BCUT2D eigenvalue weighted by molar-refractivity contribution is 6.74. The van der Waals surface area contributed by atoms with Crippen LogP contribution in [0, 0.1) is 0 Å². The summed E-state index contributed by atoms with van der Waals surface area (Å²) in [6, 6.07) is 1.96. The molecule has 0 saturated heterocycles. The molecule has 0 aromatic rings. The first-order chi connectivity index (χ1) is 18.1. The van der Waals surface area contributed by atoms with Crippen LogP contribution >= 0.6 is 0 Å². The summed E-state index contributed by atoms with van der Waals surface area (Å²) in [6.07, 6.45) is 21.8. The molecule has 0 aromatic heterocycles. The quantitative estimate of drug-likeness (QED) is 0.0709. The molecule has 6 heteroatoms. The summed E-state index contributed by atoms with van der Waals surface area (Å²) in [7, 11) is -4.87. The van der Waals surface area contributed by atoms with Crippen LogP contribution in [-0.4, -0.2) is 43.5 Å². The molecule has 0 spiro atoms. The number of hydrogen-bond donors (Lipinski definition) is 0. The second-order valence-corrected chi connectivity index (χ2v) is 16.4. The highest BCUT2D eigenvalue weighted by Crippen LogP contribution is 2.27. The SMILES string of the molecule is CCCCC=C[Si](CCC[Si](C=CCCCC)(OCCCC)OCCCC)(OCCCC)OCCCC. The van der Waals surface area contributed by atoms with Gasteiger partial charge in [0.25, 0.3) is 0 Å². The molecule has 0 aromatic carbocycles. The number of hydrogen-bond acceptors (Lipinski definition) is 4. The fourth-order valence-corrected chi connectivity index (χ4v) is 10.2. The molecule has 0 aliphatic heterocycles. The van der Waals surface area contributed by atoms with Gasteiger partial charge in [0.1, 0.15) is 0 Å². The Morgan fingerprint density at radius 1 is 0.405 bits per heavy atom. The molecular weight excluding hydrogens is 493 g/mol. The summed E-state index contributed by atoms with van der Waals surface area (Å²) in [5.74, 6) is 0. The Morgan fingerprint density at radius 3 is 0.973 bits per heavy atom. The highest BCUT2D eigenvalue weighted by atomic mass is 28.4. The lowest BCUT2D eigenvalue weighted by molar-refractivity contribution is 0.168. The van der Waals surface area contributed by atoms with Gasteiger partial charge < -0.3 is 17.7 Å². The maximum atomic E-state index is 6.67. The van der Waals surface area contributed by atoms with Crippen molar-refractivity contribution in [1.29, 1.82) is 0 Å². The molecule has 4 nitrogen and oxygen atoms in total. The second kappa shape index (κ2) is 26.0. The lowest BCUT2D eigenvalue weighted by Crippen LogP contribution is -2.44. The highest BCUT2D eigenvalue weighted by Gasteiger charge is 2.39. The first-order valence-corrected chi connectivity index (χ1v) is 20.2. The first-order valence-electron chi connectivity index (χ1n) is 16.0. The second-order valence-electron chi connectivity index (χ2n) is 10.4. The normalized spacial score (nSPS) is 12.9. The molecule has 0 radical (unpaired) electrons. The van der Waals surface area contributed by atoms with E-state index in [1.807, 2.05) is 0 Å². The molecule has 0 amide bonds. The minimum atomic E-state index is -2.43. The van der Waals surface area contributed by atoms with Crippen molar-refractivity contribution in [2.75, 3.05) is 26.4 Å². The van der Waals surface area contributed by atoms with Gasteiger partial charge in [0.05, 0.1) is 0 Å². The molecule has 0 rings (SSSR count). The summed E-state index contributed by atoms with van der Waals surface area (Å²) in [5, 5.41) is 0. The van der Waals surface area contributed by atoms with Crippen molar-refractivity contribution in [2.24, 2.45) is 0 Å². The van der Waals surface area contributed by atoms with E-state index in [1.165, 1.54) is 25.7 Å². The molecule has 0 bridgehead atoms. The van der Waals surface area contributed by atoms with Gasteiger partial charge in [-0.3, -0.25) is 0 Å². The van der Waals surface area contributed by atoms with Crippen molar-refractivity contribution in [3.63, 3.8) is 0 Å². The summed E-state index contributed by atoms with van der Waals surface area (Å²) in [4.78, 5) is 0. The van der Waals surface area contributed by atoms with Gasteiger partial charge in [-0.25, -0.2) is 0 Å². The maximum absolute atomic E-state index is 6.67. The van der Waals surface area contributed by atoms with Gasteiger partial charge in [0.2, 0.25) is 0 Å². The molecule has 0 heterocycles. The number of unbranched alkanes of at least 4 members (excludes halogenated alkanes) is 8. The number of rotatable bonds is 28. The Morgan fingerprint density at radius 2 is 0.703 bits per heavy atom. The molecule has 0 aliphatic rings. The third kappa shape index (κ3) is 19.5. The fraction of sp³-hybridized carbons (Fsp3) is 0.871. The van der Waals surface area contributed by atoms with E-state index in [2.05, 4.69) is 65.1 Å². The smallest absolute Gasteiger partial charge is 0.364 e. The molecule has 0 N–H and O–H groups in total. The Balaban J connectivity index is 5.74. The van der Waals surface area contributed by atoms with E-state index in [0.717, 1.165) is 109 Å². The van der Waals surface area contributed by atoms with Gasteiger partial charge in [0, 0.05) is 26.4 Å². The van der Waals surface area contributed by atoms with Crippen molar-refractivity contribution in [3.8, 4) is 0 Å². The molecule has 0 saturated carbocycles. The van der Waals surface area contributed by atoms with E-state index in [4.69, 9.17) is 17.7 Å². The molecule has 37 heavy (non-hydrogen) atoms. The summed E-state index contributed by atoms with van der Waals surface area (Å²) in [6.45, 7) is 16.6. The van der Waals surface area contributed by atoms with Crippen LogP contribution in [0.5, 0.6) is 0 Å². The zero-order chi connectivity index (χ0) is 27.5. The summed E-state index contributed by atoms with van der Waals surface area (Å²) in [5.41, 5.74) is 4.73. The van der Waals surface area contributed by atoms with Crippen LogP contribution in [-0.2, 0) is 17.7 Å². The van der Waals surface area contributed by atoms with Gasteiger partial charge >= 0.3 is 17.1 Å². The van der Waals surface area contributed by atoms with Crippen LogP contribution in [0.3, 0.4) is 0 Å². The standard InChI is InChI=1S/C31H64O4Si2/c1-7-13-19-21-28-36(32-24-15-9-3,33-25-16-10-4)30-23-31-37(34-26-17-11-5,35-27-18-12-6)29-22-20-14-8-2/h21-22,28-29H,7-20,23-27,30-31H2,1-6H3. The zero-order valence-electron chi connectivity index (χ0n) is 25.8. The van der Waals surface area contributed by atoms with Gasteiger partial charge in [0.15, 0.2) is 0 Å². The zero-order valence-corrected chi connectivity index (χ0v) is 27.8. The van der Waals surface area contributed by atoms with E-state index in [9.17, 15) is 0 Å². The summed E-state index contributed by atoms with van der Waals surface area (Å²) < 4.78 is 26.7. The van der Waals surface area contributed by atoms with Crippen molar-refractivity contribution in [3.05, 3.63) is 23.6 Å². The lowest BCUT2D eigenvalue weighted by Gasteiger charge is -2.31. The van der Waals surface area contributed by atoms with Crippen molar-refractivity contribution < 1.29 is 17.7 Å². The van der Waals surface area contributed by atoms with E-state index in [1.54, 1.807) is 0 Å². The Bertz CT molecular complexity index is 473. The molecule has 0 unspecified atom stereocenters. The van der Waals surface area contributed by atoms with Gasteiger partial charge in [-0.15, -0.1) is 0 Å². The van der Waals surface area contributed by atoms with Crippen LogP contribution in [0.4, 0.5) is 0 Å². The van der Waals surface area contributed by atoms with Crippen LogP contribution < -0.4 is 0 Å². The van der Waals surface area contributed by atoms with E-state index in [-0.39, 0.29) is 0 Å². The van der Waals surface area contributed by atoms with E-state index in [0.29, 0.717) is 0 Å². The van der Waals surface area contributed by atoms with E-state index < -0.39 is 17.1 Å². The lowest BCUT2D eigenvalue weighted by atomic mass is 10.2. The monoisotopic (exact) mass is 556 g/mol. The fourth-order valence-electron chi connectivity index (χ4n) is 4.04. The molecule has 0 atom stereocenters. The molecule has 220 valence electrons. The largest absolute Gasteiger partial charge is 0.391 e. The van der Waals surface area contributed by atoms with Crippen LogP contribution in [0.2, 0.25) is 12.1 Å². The minimum absolute atomic E-state index is 0.798.